The molecule has 17 heavy (non-hydrogen) atoms. The number of hydrogen-bond donors (Lipinski definition) is 0. The van der Waals surface area contributed by atoms with E-state index in [9.17, 15) is 0 Å². The van der Waals surface area contributed by atoms with Gasteiger partial charge < -0.3 is 9.47 Å². The normalized spacial score (nSPS) is 10.6. The summed E-state index contributed by atoms with van der Waals surface area (Å²) in [7, 11) is 0. The fourth-order valence-electron chi connectivity index (χ4n) is 1.72. The summed E-state index contributed by atoms with van der Waals surface area (Å²) in [5.41, 5.74) is 0. The maximum Gasteiger partial charge on any atom is 0.120 e. The first-order valence-corrected chi connectivity index (χ1v) is 6.09. The third kappa shape index (κ3) is 3.46. The molecule has 0 heterocycles. The SMILES string of the molecule is CCCOCCOc1ccc2ccccc2c1. The Morgan fingerprint density at radius 1 is 0.882 bits per heavy atom. The zero-order chi connectivity index (χ0) is 11.9. The van der Waals surface area contributed by atoms with Crippen LogP contribution in [0.2, 0.25) is 0 Å². The number of fused-ring (bicyclic) bond motifs is 1. The van der Waals surface area contributed by atoms with Crippen LogP contribution in [0.15, 0.2) is 42.5 Å². The van der Waals surface area contributed by atoms with E-state index < -0.39 is 0 Å². The number of rotatable bonds is 6. The van der Waals surface area contributed by atoms with E-state index in [1.54, 1.807) is 0 Å². The van der Waals surface area contributed by atoms with Crippen LogP contribution in [0, 0.1) is 0 Å². The van der Waals surface area contributed by atoms with E-state index in [2.05, 4.69) is 31.2 Å². The van der Waals surface area contributed by atoms with Gasteiger partial charge >= 0.3 is 0 Å². The molecule has 90 valence electrons. The predicted octanol–water partition coefficient (Wildman–Crippen LogP) is 3.65. The molecule has 0 N–H and O–H groups in total. The van der Waals surface area contributed by atoms with Crippen LogP contribution in [0.1, 0.15) is 13.3 Å². The lowest BCUT2D eigenvalue weighted by atomic mass is 10.1. The summed E-state index contributed by atoms with van der Waals surface area (Å²) in [6.07, 6.45) is 1.05. The van der Waals surface area contributed by atoms with Crippen molar-refractivity contribution in [3.8, 4) is 5.75 Å². The molecule has 0 atom stereocenters. The van der Waals surface area contributed by atoms with Gasteiger partial charge in [-0.1, -0.05) is 37.3 Å². The molecule has 2 heteroatoms. The van der Waals surface area contributed by atoms with Crippen molar-refractivity contribution in [1.82, 2.24) is 0 Å². The van der Waals surface area contributed by atoms with Crippen molar-refractivity contribution in [2.45, 2.75) is 13.3 Å². The van der Waals surface area contributed by atoms with Crippen molar-refractivity contribution in [1.29, 1.82) is 0 Å². The van der Waals surface area contributed by atoms with Gasteiger partial charge in [0.25, 0.3) is 0 Å². The van der Waals surface area contributed by atoms with Gasteiger partial charge in [-0.15, -0.1) is 0 Å². The van der Waals surface area contributed by atoms with Crippen molar-refractivity contribution >= 4 is 10.8 Å². The molecule has 2 rings (SSSR count). The van der Waals surface area contributed by atoms with Crippen LogP contribution in [-0.4, -0.2) is 19.8 Å². The molecule has 0 aliphatic carbocycles. The number of benzene rings is 2. The molecule has 2 aromatic rings. The van der Waals surface area contributed by atoms with Crippen LogP contribution in [0.3, 0.4) is 0 Å². The summed E-state index contributed by atoms with van der Waals surface area (Å²) in [6, 6.07) is 14.4. The molecule has 0 aromatic heterocycles. The van der Waals surface area contributed by atoms with Crippen LogP contribution in [-0.2, 0) is 4.74 Å². The summed E-state index contributed by atoms with van der Waals surface area (Å²) < 4.78 is 11.0. The van der Waals surface area contributed by atoms with Gasteiger partial charge in [0, 0.05) is 6.61 Å². The highest BCUT2D eigenvalue weighted by Crippen LogP contribution is 2.20. The lowest BCUT2D eigenvalue weighted by Gasteiger charge is -2.07. The van der Waals surface area contributed by atoms with Crippen LogP contribution in [0.4, 0.5) is 0 Å². The van der Waals surface area contributed by atoms with Gasteiger partial charge in [-0.3, -0.25) is 0 Å². The van der Waals surface area contributed by atoms with E-state index >= 15 is 0 Å². The summed E-state index contributed by atoms with van der Waals surface area (Å²) >= 11 is 0. The lowest BCUT2D eigenvalue weighted by molar-refractivity contribution is 0.101. The largest absolute Gasteiger partial charge is 0.491 e. The summed E-state index contributed by atoms with van der Waals surface area (Å²) in [4.78, 5) is 0. The van der Waals surface area contributed by atoms with Gasteiger partial charge in [-0.05, 0) is 29.3 Å². The second-order valence-electron chi connectivity index (χ2n) is 3.97. The fourth-order valence-corrected chi connectivity index (χ4v) is 1.72. The molecule has 0 amide bonds. The Kier molecular flexibility index (Phi) is 4.39. The van der Waals surface area contributed by atoms with Crippen LogP contribution >= 0.6 is 0 Å². The van der Waals surface area contributed by atoms with Crippen molar-refractivity contribution in [3.05, 3.63) is 42.5 Å². The quantitative estimate of drug-likeness (QED) is 0.705. The number of hydrogen-bond acceptors (Lipinski definition) is 2. The molecule has 2 nitrogen and oxygen atoms in total. The monoisotopic (exact) mass is 230 g/mol. The first-order valence-electron chi connectivity index (χ1n) is 6.09. The van der Waals surface area contributed by atoms with Crippen LogP contribution in [0.5, 0.6) is 5.75 Å². The van der Waals surface area contributed by atoms with Crippen LogP contribution < -0.4 is 4.74 Å². The molecule has 0 unspecified atom stereocenters. The third-order valence-corrected chi connectivity index (χ3v) is 2.57. The van der Waals surface area contributed by atoms with Crippen molar-refractivity contribution < 1.29 is 9.47 Å². The fraction of sp³-hybridized carbons (Fsp3) is 0.333. The van der Waals surface area contributed by atoms with Gasteiger partial charge in [-0.25, -0.2) is 0 Å². The zero-order valence-electron chi connectivity index (χ0n) is 10.2. The highest BCUT2D eigenvalue weighted by atomic mass is 16.5. The molecule has 0 fully saturated rings. The van der Waals surface area contributed by atoms with Gasteiger partial charge in [0.2, 0.25) is 0 Å². The van der Waals surface area contributed by atoms with Gasteiger partial charge in [0.1, 0.15) is 12.4 Å². The molecular formula is C15H18O2. The molecule has 0 aliphatic heterocycles. The molecule has 0 bridgehead atoms. The lowest BCUT2D eigenvalue weighted by Crippen LogP contribution is -2.06. The topological polar surface area (TPSA) is 18.5 Å². The minimum absolute atomic E-state index is 0.609. The van der Waals surface area contributed by atoms with Gasteiger partial charge in [0.15, 0.2) is 0 Å². The minimum Gasteiger partial charge on any atom is -0.491 e. The van der Waals surface area contributed by atoms with E-state index in [0.717, 1.165) is 18.8 Å². The minimum atomic E-state index is 0.609. The Morgan fingerprint density at radius 3 is 2.53 bits per heavy atom. The second-order valence-corrected chi connectivity index (χ2v) is 3.97. The molecule has 0 saturated heterocycles. The second kappa shape index (κ2) is 6.26. The van der Waals surface area contributed by atoms with E-state index in [1.807, 2.05) is 18.2 Å². The third-order valence-electron chi connectivity index (χ3n) is 2.57. The van der Waals surface area contributed by atoms with Crippen molar-refractivity contribution in [2.24, 2.45) is 0 Å². The summed E-state index contributed by atoms with van der Waals surface area (Å²) in [5, 5.41) is 2.45. The Labute approximate surface area is 102 Å². The highest BCUT2D eigenvalue weighted by molar-refractivity contribution is 5.83. The Balaban J connectivity index is 1.90. The average Bonchev–Trinajstić information content (AvgIpc) is 2.38. The van der Waals surface area contributed by atoms with Crippen molar-refractivity contribution in [2.75, 3.05) is 19.8 Å². The molecular weight excluding hydrogens is 212 g/mol. The maximum atomic E-state index is 5.64. The van der Waals surface area contributed by atoms with Crippen LogP contribution in [0.25, 0.3) is 10.8 Å². The maximum absolute atomic E-state index is 5.64. The van der Waals surface area contributed by atoms with E-state index in [-0.39, 0.29) is 0 Å². The standard InChI is InChI=1S/C15H18O2/c1-2-9-16-10-11-17-15-8-7-13-5-3-4-6-14(13)12-15/h3-8,12H,2,9-11H2,1H3. The van der Waals surface area contributed by atoms with E-state index in [4.69, 9.17) is 9.47 Å². The van der Waals surface area contributed by atoms with Gasteiger partial charge in [-0.2, -0.15) is 0 Å². The molecule has 0 spiro atoms. The first-order chi connectivity index (χ1) is 8.40. The smallest absolute Gasteiger partial charge is 0.120 e. The average molecular weight is 230 g/mol. The van der Waals surface area contributed by atoms with E-state index in [1.165, 1.54) is 10.8 Å². The predicted molar refractivity (Wildman–Crippen MR) is 70.6 cm³/mol. The highest BCUT2D eigenvalue weighted by Gasteiger charge is 1.96. The Hall–Kier alpha value is -1.54. The van der Waals surface area contributed by atoms with Crippen molar-refractivity contribution in [3.63, 3.8) is 0 Å². The first kappa shape index (κ1) is 11.9. The summed E-state index contributed by atoms with van der Waals surface area (Å²) in [6.45, 7) is 4.17. The van der Waals surface area contributed by atoms with E-state index in [0.29, 0.717) is 13.2 Å². The Morgan fingerprint density at radius 2 is 1.71 bits per heavy atom. The number of ether oxygens (including phenoxy) is 2. The molecule has 0 aliphatic rings. The Bertz CT molecular complexity index is 465. The molecule has 0 radical (unpaired) electrons. The summed E-state index contributed by atoms with van der Waals surface area (Å²) in [5.74, 6) is 0.906. The van der Waals surface area contributed by atoms with Gasteiger partial charge in [0.05, 0.1) is 6.61 Å². The molecule has 0 saturated carbocycles. The molecule has 2 aromatic carbocycles. The zero-order valence-corrected chi connectivity index (χ0v) is 10.2.